The molecule has 0 unspecified atom stereocenters. The molecule has 1 heterocycles. The van der Waals surface area contributed by atoms with Crippen LogP contribution in [-0.2, 0) is 20.8 Å². The number of imide groups is 1. The molecule has 33 heavy (non-hydrogen) atoms. The molecule has 0 saturated carbocycles. The molecule has 0 aromatic heterocycles. The number of hydrogen-bond donors (Lipinski definition) is 3. The third-order valence-electron chi connectivity index (χ3n) is 5.18. The molecule has 1 fully saturated rings. The molecule has 0 spiro atoms. The van der Waals surface area contributed by atoms with Gasteiger partial charge in [0.05, 0.1) is 19.9 Å². The first-order valence-corrected chi connectivity index (χ1v) is 10.2. The van der Waals surface area contributed by atoms with E-state index in [4.69, 9.17) is 9.47 Å². The monoisotopic (exact) mass is 454 g/mol. The summed E-state index contributed by atoms with van der Waals surface area (Å²) in [5.41, 5.74) is 0.271. The molecule has 0 radical (unpaired) electrons. The topological polar surface area (TPSA) is 126 Å². The number of para-hydroxylation sites is 1. The predicted octanol–water partition coefficient (Wildman–Crippen LogP) is 2.15. The molecule has 5 amide bonds. The van der Waals surface area contributed by atoms with E-state index in [0.29, 0.717) is 17.2 Å². The lowest BCUT2D eigenvalue weighted by Crippen LogP contribution is -2.46. The highest BCUT2D eigenvalue weighted by Crippen LogP contribution is 2.29. The van der Waals surface area contributed by atoms with Crippen molar-refractivity contribution in [1.29, 1.82) is 0 Å². The number of benzene rings is 2. The highest BCUT2D eigenvalue weighted by atomic mass is 16.5. The number of amides is 5. The summed E-state index contributed by atoms with van der Waals surface area (Å²) in [5.74, 6) is -0.435. The summed E-state index contributed by atoms with van der Waals surface area (Å²) in [6.45, 7) is 2.49. The van der Waals surface area contributed by atoms with Gasteiger partial charge in [-0.05, 0) is 36.8 Å². The first kappa shape index (κ1) is 23.6. The Labute approximate surface area is 191 Å². The number of urea groups is 1. The highest BCUT2D eigenvalue weighted by Gasteiger charge is 2.48. The van der Waals surface area contributed by atoms with Crippen molar-refractivity contribution in [2.75, 3.05) is 31.4 Å². The van der Waals surface area contributed by atoms with Gasteiger partial charge >= 0.3 is 6.03 Å². The second-order valence-corrected chi connectivity index (χ2v) is 7.79. The van der Waals surface area contributed by atoms with Crippen LogP contribution in [0.15, 0.2) is 42.5 Å². The zero-order valence-electron chi connectivity index (χ0n) is 18.9. The minimum Gasteiger partial charge on any atom is -0.496 e. The summed E-state index contributed by atoms with van der Waals surface area (Å²) in [5, 5.41) is 7.93. The van der Waals surface area contributed by atoms with Gasteiger partial charge in [0.15, 0.2) is 0 Å². The summed E-state index contributed by atoms with van der Waals surface area (Å²) < 4.78 is 10.6. The average molecular weight is 454 g/mol. The van der Waals surface area contributed by atoms with E-state index in [1.165, 1.54) is 27.2 Å². The maximum absolute atomic E-state index is 13.1. The van der Waals surface area contributed by atoms with Crippen molar-refractivity contribution in [3.63, 3.8) is 0 Å². The number of carbonyl (C=O) groups is 4. The Bertz CT molecular complexity index is 1100. The average Bonchev–Trinajstić information content (AvgIpc) is 2.96. The lowest BCUT2D eigenvalue weighted by Gasteiger charge is -2.22. The molecule has 3 N–H and O–H groups in total. The minimum atomic E-state index is -1.23. The highest BCUT2D eigenvalue weighted by molar-refractivity contribution is 6.10. The van der Waals surface area contributed by atoms with Gasteiger partial charge in [0, 0.05) is 19.0 Å². The smallest absolute Gasteiger partial charge is 0.325 e. The van der Waals surface area contributed by atoms with Crippen molar-refractivity contribution in [3.8, 4) is 11.5 Å². The van der Waals surface area contributed by atoms with Crippen LogP contribution in [0, 0.1) is 0 Å². The van der Waals surface area contributed by atoms with Crippen molar-refractivity contribution < 1.29 is 28.7 Å². The lowest BCUT2D eigenvalue weighted by atomic mass is 9.92. The van der Waals surface area contributed by atoms with Crippen LogP contribution >= 0.6 is 0 Å². The van der Waals surface area contributed by atoms with Gasteiger partial charge in [0.25, 0.3) is 5.91 Å². The van der Waals surface area contributed by atoms with Crippen LogP contribution in [0.3, 0.4) is 0 Å². The Kier molecular flexibility index (Phi) is 6.86. The molecule has 1 aliphatic rings. The minimum absolute atomic E-state index is 0.201. The van der Waals surface area contributed by atoms with Crippen LogP contribution in [0.25, 0.3) is 0 Å². The largest absolute Gasteiger partial charge is 0.496 e. The summed E-state index contributed by atoms with van der Waals surface area (Å²) in [6, 6.07) is 11.3. The SMILES string of the molecule is COc1ccccc1C[C@@]1(C)NC(=O)N(CC(=O)Nc2cc(NC(C)=O)ccc2OC)C1=O. The number of nitrogens with one attached hydrogen (secondary N) is 3. The maximum Gasteiger partial charge on any atom is 0.325 e. The molecular formula is C23H26N4O6. The van der Waals surface area contributed by atoms with E-state index in [1.807, 2.05) is 18.2 Å². The van der Waals surface area contributed by atoms with Gasteiger partial charge in [-0.15, -0.1) is 0 Å². The van der Waals surface area contributed by atoms with Gasteiger partial charge in [-0.25, -0.2) is 4.79 Å². The molecule has 1 aliphatic heterocycles. The molecule has 2 aromatic rings. The van der Waals surface area contributed by atoms with Gasteiger partial charge in [0.2, 0.25) is 11.8 Å². The first-order valence-electron chi connectivity index (χ1n) is 10.2. The number of nitrogens with zero attached hydrogens (tertiary/aromatic N) is 1. The second kappa shape index (κ2) is 9.60. The summed E-state index contributed by atoms with van der Waals surface area (Å²) in [6.07, 6.45) is 0.201. The number of carbonyl (C=O) groups excluding carboxylic acids is 4. The Morgan fingerprint density at radius 1 is 1.03 bits per heavy atom. The Hall–Kier alpha value is -4.08. The number of rotatable bonds is 8. The summed E-state index contributed by atoms with van der Waals surface area (Å²) in [4.78, 5) is 50.5. The van der Waals surface area contributed by atoms with Crippen molar-refractivity contribution >= 4 is 35.1 Å². The van der Waals surface area contributed by atoms with Gasteiger partial charge in [-0.2, -0.15) is 0 Å². The number of ether oxygens (including phenoxy) is 2. The zero-order valence-corrected chi connectivity index (χ0v) is 18.9. The molecule has 174 valence electrons. The molecule has 0 aliphatic carbocycles. The van der Waals surface area contributed by atoms with Crippen LogP contribution in [-0.4, -0.2) is 55.0 Å². The fourth-order valence-corrected chi connectivity index (χ4v) is 3.66. The van der Waals surface area contributed by atoms with Gasteiger partial charge < -0.3 is 25.4 Å². The van der Waals surface area contributed by atoms with E-state index in [2.05, 4.69) is 16.0 Å². The molecule has 0 bridgehead atoms. The zero-order chi connectivity index (χ0) is 24.2. The van der Waals surface area contributed by atoms with E-state index >= 15 is 0 Å². The Balaban J connectivity index is 1.73. The summed E-state index contributed by atoms with van der Waals surface area (Å²) >= 11 is 0. The maximum atomic E-state index is 13.1. The van der Waals surface area contributed by atoms with E-state index in [-0.39, 0.29) is 18.0 Å². The standard InChI is InChI=1S/C23H26N4O6/c1-14(28)24-16-9-10-19(33-4)17(11-16)25-20(29)13-27-21(30)23(2,26-22(27)31)12-15-7-5-6-8-18(15)32-3/h5-11H,12-13H2,1-4H3,(H,24,28)(H,25,29)(H,26,31)/t23-/m1/s1. The quantitative estimate of drug-likeness (QED) is 0.525. The fraction of sp³-hybridized carbons (Fsp3) is 0.304. The molecule has 1 atom stereocenters. The molecule has 10 heteroatoms. The molecule has 3 rings (SSSR count). The van der Waals surface area contributed by atoms with Gasteiger partial charge in [-0.1, -0.05) is 18.2 Å². The van der Waals surface area contributed by atoms with Crippen LogP contribution < -0.4 is 25.4 Å². The van der Waals surface area contributed by atoms with Crippen molar-refractivity contribution in [1.82, 2.24) is 10.2 Å². The lowest BCUT2D eigenvalue weighted by molar-refractivity contribution is -0.133. The van der Waals surface area contributed by atoms with Crippen LogP contribution in [0.4, 0.5) is 16.2 Å². The molecule has 10 nitrogen and oxygen atoms in total. The number of hydrogen-bond acceptors (Lipinski definition) is 6. The fourth-order valence-electron chi connectivity index (χ4n) is 3.66. The van der Waals surface area contributed by atoms with Crippen LogP contribution in [0.1, 0.15) is 19.4 Å². The summed E-state index contributed by atoms with van der Waals surface area (Å²) in [7, 11) is 2.96. The van der Waals surface area contributed by atoms with E-state index < -0.39 is 29.9 Å². The predicted molar refractivity (Wildman–Crippen MR) is 121 cm³/mol. The van der Waals surface area contributed by atoms with Crippen LogP contribution in [0.5, 0.6) is 11.5 Å². The van der Waals surface area contributed by atoms with Crippen molar-refractivity contribution in [3.05, 3.63) is 48.0 Å². The Morgan fingerprint density at radius 3 is 2.39 bits per heavy atom. The Morgan fingerprint density at radius 2 is 1.73 bits per heavy atom. The van der Waals surface area contributed by atoms with Crippen LogP contribution in [0.2, 0.25) is 0 Å². The molecule has 1 saturated heterocycles. The first-order chi connectivity index (χ1) is 15.7. The number of methoxy groups -OCH3 is 2. The van der Waals surface area contributed by atoms with E-state index in [0.717, 1.165) is 10.5 Å². The third kappa shape index (κ3) is 5.22. The van der Waals surface area contributed by atoms with Gasteiger partial charge in [-0.3, -0.25) is 19.3 Å². The number of anilines is 2. The van der Waals surface area contributed by atoms with Crippen molar-refractivity contribution in [2.45, 2.75) is 25.8 Å². The third-order valence-corrected chi connectivity index (χ3v) is 5.18. The normalized spacial score (nSPS) is 17.4. The van der Waals surface area contributed by atoms with Crippen molar-refractivity contribution in [2.24, 2.45) is 0 Å². The molecule has 2 aromatic carbocycles. The second-order valence-electron chi connectivity index (χ2n) is 7.79. The van der Waals surface area contributed by atoms with E-state index in [1.54, 1.807) is 25.1 Å². The van der Waals surface area contributed by atoms with Gasteiger partial charge in [0.1, 0.15) is 23.6 Å². The van der Waals surface area contributed by atoms with E-state index in [9.17, 15) is 19.2 Å². The molecular weight excluding hydrogens is 428 g/mol.